The number of rotatable bonds is 3. The van der Waals surface area contributed by atoms with Gasteiger partial charge in [0.1, 0.15) is 6.61 Å². The summed E-state index contributed by atoms with van der Waals surface area (Å²) < 4.78 is 5.91. The standard InChI is InChI=1S/C15H22N4O2/c20-13-11-3-6-16-9-12(11)17-14(18-13)21-10-15-4-1-7-19(15)8-2-5-15/h16H,1-10H2,(H,17,18,20). The Hall–Kier alpha value is -1.40. The molecule has 0 aliphatic carbocycles. The van der Waals surface area contributed by atoms with E-state index in [0.29, 0.717) is 19.2 Å². The van der Waals surface area contributed by atoms with Crippen LogP contribution in [0.5, 0.6) is 6.01 Å². The molecule has 0 saturated carbocycles. The van der Waals surface area contributed by atoms with Crippen LogP contribution in [0.2, 0.25) is 0 Å². The second kappa shape index (κ2) is 5.10. The highest BCUT2D eigenvalue weighted by molar-refractivity contribution is 5.22. The van der Waals surface area contributed by atoms with Crippen LogP contribution in [0.4, 0.5) is 0 Å². The van der Waals surface area contributed by atoms with Gasteiger partial charge in [-0.05, 0) is 51.7 Å². The number of hydrogen-bond acceptors (Lipinski definition) is 5. The zero-order valence-electron chi connectivity index (χ0n) is 12.3. The average molecular weight is 290 g/mol. The maximum atomic E-state index is 12.1. The number of aromatic nitrogens is 2. The van der Waals surface area contributed by atoms with Crippen LogP contribution in [0.25, 0.3) is 0 Å². The van der Waals surface area contributed by atoms with Crippen molar-refractivity contribution in [2.45, 2.75) is 44.2 Å². The Bertz CT molecular complexity index is 588. The van der Waals surface area contributed by atoms with E-state index in [4.69, 9.17) is 4.74 Å². The smallest absolute Gasteiger partial charge is 0.296 e. The lowest BCUT2D eigenvalue weighted by Gasteiger charge is -2.31. The fourth-order valence-electron chi connectivity index (χ4n) is 4.08. The molecule has 0 spiro atoms. The van der Waals surface area contributed by atoms with E-state index in [1.54, 1.807) is 0 Å². The lowest BCUT2D eigenvalue weighted by molar-refractivity contribution is 0.107. The first-order valence-corrected chi connectivity index (χ1v) is 7.98. The topological polar surface area (TPSA) is 70.2 Å². The van der Waals surface area contributed by atoms with Crippen molar-refractivity contribution < 1.29 is 4.74 Å². The van der Waals surface area contributed by atoms with Gasteiger partial charge in [-0.25, -0.2) is 4.98 Å². The summed E-state index contributed by atoms with van der Waals surface area (Å²) in [5.41, 5.74) is 1.80. The Morgan fingerprint density at radius 1 is 1.29 bits per heavy atom. The molecule has 6 nitrogen and oxygen atoms in total. The van der Waals surface area contributed by atoms with Gasteiger partial charge >= 0.3 is 0 Å². The third kappa shape index (κ3) is 2.26. The van der Waals surface area contributed by atoms with E-state index in [2.05, 4.69) is 20.2 Å². The molecule has 0 bridgehead atoms. The number of hydrogen-bond donors (Lipinski definition) is 2. The molecule has 0 radical (unpaired) electrons. The Labute approximate surface area is 123 Å². The van der Waals surface area contributed by atoms with Crippen LogP contribution in [0, 0.1) is 0 Å². The van der Waals surface area contributed by atoms with E-state index in [-0.39, 0.29) is 11.1 Å². The summed E-state index contributed by atoms with van der Waals surface area (Å²) >= 11 is 0. The fraction of sp³-hybridized carbons (Fsp3) is 0.733. The third-order valence-electron chi connectivity index (χ3n) is 5.21. The van der Waals surface area contributed by atoms with Crippen molar-refractivity contribution in [3.05, 3.63) is 21.6 Å². The summed E-state index contributed by atoms with van der Waals surface area (Å²) in [6, 6.07) is 0.385. The largest absolute Gasteiger partial charge is 0.463 e. The van der Waals surface area contributed by atoms with Gasteiger partial charge in [0.15, 0.2) is 0 Å². The molecule has 0 amide bonds. The zero-order valence-corrected chi connectivity index (χ0v) is 12.3. The van der Waals surface area contributed by atoms with Gasteiger partial charge < -0.3 is 10.1 Å². The van der Waals surface area contributed by atoms with Crippen LogP contribution < -0.4 is 15.6 Å². The van der Waals surface area contributed by atoms with Gasteiger partial charge in [-0.2, -0.15) is 0 Å². The minimum absolute atomic E-state index is 0.0382. The minimum Gasteiger partial charge on any atom is -0.463 e. The highest BCUT2D eigenvalue weighted by atomic mass is 16.5. The van der Waals surface area contributed by atoms with Gasteiger partial charge in [0.05, 0.1) is 11.2 Å². The molecule has 3 aliphatic rings. The van der Waals surface area contributed by atoms with Crippen molar-refractivity contribution >= 4 is 0 Å². The van der Waals surface area contributed by atoms with Crippen LogP contribution in [0.3, 0.4) is 0 Å². The van der Waals surface area contributed by atoms with Gasteiger partial charge in [-0.3, -0.25) is 14.7 Å². The van der Waals surface area contributed by atoms with Crippen molar-refractivity contribution in [3.63, 3.8) is 0 Å². The number of aromatic amines is 1. The summed E-state index contributed by atoms with van der Waals surface area (Å²) in [5.74, 6) is 0. The van der Waals surface area contributed by atoms with Gasteiger partial charge in [0, 0.05) is 12.1 Å². The van der Waals surface area contributed by atoms with E-state index in [0.717, 1.165) is 24.2 Å². The first-order chi connectivity index (χ1) is 10.3. The molecule has 6 heteroatoms. The molecule has 3 aliphatic heterocycles. The van der Waals surface area contributed by atoms with Crippen LogP contribution in [-0.4, -0.2) is 46.6 Å². The lowest BCUT2D eigenvalue weighted by atomic mass is 9.95. The molecule has 4 heterocycles. The summed E-state index contributed by atoms with van der Waals surface area (Å²) in [7, 11) is 0. The molecule has 0 unspecified atom stereocenters. The van der Waals surface area contributed by atoms with Crippen molar-refractivity contribution in [1.29, 1.82) is 0 Å². The van der Waals surface area contributed by atoms with Crippen LogP contribution in [0.1, 0.15) is 36.9 Å². The molecule has 21 heavy (non-hydrogen) atoms. The minimum atomic E-state index is -0.0382. The molecule has 4 rings (SSSR count). The molecular formula is C15H22N4O2. The van der Waals surface area contributed by atoms with Crippen molar-refractivity contribution in [3.8, 4) is 6.01 Å². The van der Waals surface area contributed by atoms with Gasteiger partial charge in [0.25, 0.3) is 11.6 Å². The normalized spacial score (nSPS) is 23.8. The summed E-state index contributed by atoms with van der Waals surface area (Å²) in [6.07, 6.45) is 5.64. The quantitative estimate of drug-likeness (QED) is 0.844. The van der Waals surface area contributed by atoms with Crippen LogP contribution in [0.15, 0.2) is 4.79 Å². The molecule has 0 atom stereocenters. The van der Waals surface area contributed by atoms with E-state index in [1.165, 1.54) is 38.8 Å². The van der Waals surface area contributed by atoms with Crippen molar-refractivity contribution in [2.75, 3.05) is 26.2 Å². The number of ether oxygens (including phenoxy) is 1. The maximum absolute atomic E-state index is 12.1. The predicted octanol–water partition coefficient (Wildman–Crippen LogP) is 0.423. The maximum Gasteiger partial charge on any atom is 0.296 e. The first-order valence-electron chi connectivity index (χ1n) is 7.98. The summed E-state index contributed by atoms with van der Waals surface area (Å²) in [4.78, 5) is 21.9. The van der Waals surface area contributed by atoms with Crippen LogP contribution in [-0.2, 0) is 13.0 Å². The predicted molar refractivity (Wildman–Crippen MR) is 78.5 cm³/mol. The first kappa shape index (κ1) is 13.3. The Morgan fingerprint density at radius 3 is 2.90 bits per heavy atom. The molecule has 1 aromatic rings. The number of H-pyrrole nitrogens is 1. The van der Waals surface area contributed by atoms with Gasteiger partial charge in [0.2, 0.25) is 0 Å². The highest BCUT2D eigenvalue weighted by Crippen LogP contribution is 2.38. The lowest BCUT2D eigenvalue weighted by Crippen LogP contribution is -2.43. The number of fused-ring (bicyclic) bond motifs is 2. The SMILES string of the molecule is O=c1[nH]c(OCC23CCCN2CCC3)nc2c1CCNC2. The van der Waals surface area contributed by atoms with Crippen molar-refractivity contribution in [1.82, 2.24) is 20.2 Å². The highest BCUT2D eigenvalue weighted by Gasteiger charge is 2.44. The molecule has 2 N–H and O–H groups in total. The second-order valence-corrected chi connectivity index (χ2v) is 6.43. The van der Waals surface area contributed by atoms with Gasteiger partial charge in [-0.1, -0.05) is 0 Å². The summed E-state index contributed by atoms with van der Waals surface area (Å²) in [5, 5.41) is 3.25. The van der Waals surface area contributed by atoms with Crippen LogP contribution >= 0.6 is 0 Å². The number of nitrogens with zero attached hydrogens (tertiary/aromatic N) is 2. The van der Waals surface area contributed by atoms with E-state index in [9.17, 15) is 4.79 Å². The molecule has 2 saturated heterocycles. The molecule has 114 valence electrons. The molecule has 2 fully saturated rings. The monoisotopic (exact) mass is 290 g/mol. The molecular weight excluding hydrogens is 268 g/mol. The zero-order chi connectivity index (χ0) is 14.3. The van der Waals surface area contributed by atoms with E-state index in [1.807, 2.05) is 0 Å². The molecule has 1 aromatic heterocycles. The molecule has 0 aromatic carbocycles. The Balaban J connectivity index is 1.53. The van der Waals surface area contributed by atoms with Gasteiger partial charge in [-0.15, -0.1) is 0 Å². The van der Waals surface area contributed by atoms with E-state index >= 15 is 0 Å². The number of nitrogens with one attached hydrogen (secondary N) is 2. The summed E-state index contributed by atoms with van der Waals surface area (Å²) in [6.45, 7) is 4.51. The second-order valence-electron chi connectivity index (χ2n) is 6.43. The third-order valence-corrected chi connectivity index (χ3v) is 5.21. The average Bonchev–Trinajstić information content (AvgIpc) is 3.05. The Morgan fingerprint density at radius 2 is 2.10 bits per heavy atom. The van der Waals surface area contributed by atoms with E-state index < -0.39 is 0 Å². The fourth-order valence-corrected chi connectivity index (χ4v) is 4.08. The van der Waals surface area contributed by atoms with Crippen molar-refractivity contribution in [2.24, 2.45) is 0 Å². The Kier molecular flexibility index (Phi) is 3.23.